The standard InChI is InChI=1S/2C18H14N.C2H6Si.2ClH.Zr/c2*1-13-11-15-6-4-8-18(16(15)12-13)19-10-9-14-5-2-3-7-17(14)19;1-3-2;;;/h2*2-12H,1H3;1-2H3;2*1H;/q2*-1;;;;+2/p-2. The Morgan fingerprint density at radius 3 is 1.39 bits per heavy atom. The van der Waals surface area contributed by atoms with Gasteiger partial charge in [0, 0.05) is 23.8 Å². The predicted molar refractivity (Wildman–Crippen MR) is 191 cm³/mol. The van der Waals surface area contributed by atoms with Crippen LogP contribution < -0.4 is 0 Å². The van der Waals surface area contributed by atoms with Crippen LogP contribution in [0.1, 0.15) is 11.1 Å². The van der Waals surface area contributed by atoms with E-state index in [4.69, 9.17) is 17.0 Å². The van der Waals surface area contributed by atoms with Crippen LogP contribution in [-0.4, -0.2) is 14.6 Å². The molecule has 0 saturated carbocycles. The van der Waals surface area contributed by atoms with Crippen LogP contribution in [0, 0.1) is 13.8 Å². The summed E-state index contributed by atoms with van der Waals surface area (Å²) in [7, 11) is 11.2. The Balaban J connectivity index is 0.000000132. The van der Waals surface area contributed by atoms with Gasteiger partial charge in [0.25, 0.3) is 0 Å². The van der Waals surface area contributed by atoms with Crippen molar-refractivity contribution in [1.29, 1.82) is 0 Å². The molecule has 0 radical (unpaired) electrons. The fourth-order valence-electron chi connectivity index (χ4n) is 5.74. The molecule has 0 N–H and O–H groups in total. The third-order valence-electron chi connectivity index (χ3n) is 7.84. The van der Waals surface area contributed by atoms with E-state index in [1.807, 2.05) is 0 Å². The second-order valence-electron chi connectivity index (χ2n) is 11.4. The molecular formula is C38H34Cl2N2SiZr-2. The topological polar surface area (TPSA) is 9.86 Å². The van der Waals surface area contributed by atoms with Crippen LogP contribution in [-0.2, 0) is 18.0 Å². The number of para-hydroxylation sites is 2. The summed E-state index contributed by atoms with van der Waals surface area (Å²) in [6.07, 6.45) is 4.31. The molecule has 0 aliphatic heterocycles. The van der Waals surface area contributed by atoms with Crippen LogP contribution in [0.2, 0.25) is 13.1 Å². The minimum Gasteiger partial charge on any atom is -0.325 e. The van der Waals surface area contributed by atoms with Gasteiger partial charge in [-0.2, -0.15) is 12.1 Å². The maximum atomic E-state index is 5.62. The quantitative estimate of drug-likeness (QED) is 0.125. The van der Waals surface area contributed by atoms with Crippen molar-refractivity contribution < 1.29 is 18.0 Å². The summed E-state index contributed by atoms with van der Waals surface area (Å²) in [6, 6.07) is 43.3. The first-order valence-corrected chi connectivity index (χ1v) is 27.3. The van der Waals surface area contributed by atoms with Crippen molar-refractivity contribution in [1.82, 2.24) is 9.13 Å². The van der Waals surface area contributed by atoms with Crippen molar-refractivity contribution in [2.75, 3.05) is 0 Å². The number of rotatable bonds is 2. The van der Waals surface area contributed by atoms with E-state index in [1.54, 1.807) is 0 Å². The van der Waals surface area contributed by atoms with E-state index in [1.165, 1.54) is 65.9 Å². The van der Waals surface area contributed by atoms with Crippen LogP contribution in [0.4, 0.5) is 0 Å². The van der Waals surface area contributed by atoms with Crippen molar-refractivity contribution in [3.05, 3.63) is 145 Å². The summed E-state index contributed by atoms with van der Waals surface area (Å²) in [5, 5.41) is 7.83. The van der Waals surface area contributed by atoms with Crippen molar-refractivity contribution >= 4 is 65.8 Å². The first kappa shape index (κ1) is 30.9. The van der Waals surface area contributed by atoms with E-state index >= 15 is 0 Å². The Kier molecular flexibility index (Phi) is 9.45. The molecule has 6 aromatic carbocycles. The molecule has 2 heterocycles. The molecule has 8 rings (SSSR count). The molecule has 0 bridgehead atoms. The van der Waals surface area contributed by atoms with Crippen LogP contribution in [0.25, 0.3) is 54.7 Å². The average Bonchev–Trinajstić information content (AvgIpc) is 3.80. The summed E-state index contributed by atoms with van der Waals surface area (Å²) in [5.74, 6) is 0. The number of aromatic nitrogens is 2. The Hall–Kier alpha value is -3.14. The summed E-state index contributed by atoms with van der Waals surface area (Å²) in [5.41, 5.74) is 7.44. The van der Waals surface area contributed by atoms with Gasteiger partial charge in [0.15, 0.2) is 0 Å². The third kappa shape index (κ3) is 6.46. The van der Waals surface area contributed by atoms with Gasteiger partial charge in [-0.3, -0.25) is 0 Å². The molecule has 0 aliphatic carbocycles. The molecule has 2 nitrogen and oxygen atoms in total. The average molecular weight is 709 g/mol. The van der Waals surface area contributed by atoms with Gasteiger partial charge in [-0.15, -0.1) is 69.1 Å². The zero-order chi connectivity index (χ0) is 30.8. The molecule has 0 amide bonds. The van der Waals surface area contributed by atoms with Crippen LogP contribution in [0.15, 0.2) is 134 Å². The first-order valence-electron chi connectivity index (χ1n) is 14.7. The zero-order valence-corrected chi connectivity index (χ0v) is 30.3. The number of aryl methyl sites for hydroxylation is 2. The Morgan fingerprint density at radius 1 is 0.568 bits per heavy atom. The number of halogens is 2. The summed E-state index contributed by atoms with van der Waals surface area (Å²) in [4.78, 5) is 0. The second-order valence-corrected chi connectivity index (χ2v) is 34.4. The maximum Gasteiger partial charge on any atom is 0.0519 e. The fraction of sp³-hybridized carbons (Fsp3) is 0.105. The van der Waals surface area contributed by atoms with Gasteiger partial charge >= 0.3 is 53.5 Å². The largest absolute Gasteiger partial charge is 0.325 e. The number of fused-ring (bicyclic) bond motifs is 4. The van der Waals surface area contributed by atoms with Crippen molar-refractivity contribution in [2.24, 2.45) is 0 Å². The van der Waals surface area contributed by atoms with E-state index in [-0.39, 0.29) is 5.43 Å². The number of benzene rings is 4. The minimum atomic E-state index is -1.65. The van der Waals surface area contributed by atoms with Gasteiger partial charge < -0.3 is 9.13 Å². The fourth-order valence-corrected chi connectivity index (χ4v) is 5.74. The van der Waals surface area contributed by atoms with E-state index in [0.29, 0.717) is 0 Å². The third-order valence-corrected chi connectivity index (χ3v) is 27.6. The molecule has 0 saturated heterocycles. The van der Waals surface area contributed by atoms with E-state index in [2.05, 4.69) is 170 Å². The van der Waals surface area contributed by atoms with Crippen LogP contribution >= 0.6 is 17.0 Å². The van der Waals surface area contributed by atoms with Gasteiger partial charge in [-0.1, -0.05) is 62.4 Å². The molecule has 0 unspecified atom stereocenters. The Morgan fingerprint density at radius 2 is 0.977 bits per heavy atom. The number of nitrogens with zero attached hydrogens (tertiary/aromatic N) is 2. The van der Waals surface area contributed by atoms with E-state index < -0.39 is 18.0 Å². The molecule has 0 atom stereocenters. The van der Waals surface area contributed by atoms with Crippen LogP contribution in [0.3, 0.4) is 0 Å². The van der Waals surface area contributed by atoms with Crippen molar-refractivity contribution in [3.8, 4) is 11.4 Å². The van der Waals surface area contributed by atoms with Gasteiger partial charge in [-0.25, -0.2) is 0 Å². The molecule has 220 valence electrons. The zero-order valence-electron chi connectivity index (χ0n) is 25.4. The van der Waals surface area contributed by atoms with Crippen LogP contribution in [0.5, 0.6) is 0 Å². The van der Waals surface area contributed by atoms with Gasteiger partial charge in [0.1, 0.15) is 0 Å². The maximum absolute atomic E-state index is 5.62. The number of hydrogen-bond donors (Lipinski definition) is 0. The van der Waals surface area contributed by atoms with Crippen molar-refractivity contribution in [2.45, 2.75) is 26.9 Å². The van der Waals surface area contributed by atoms with Gasteiger partial charge in [-0.05, 0) is 35.0 Å². The van der Waals surface area contributed by atoms with Gasteiger partial charge in [0.2, 0.25) is 0 Å². The monoisotopic (exact) mass is 706 g/mol. The Labute approximate surface area is 274 Å². The molecular weight excluding hydrogens is 675 g/mol. The smallest absolute Gasteiger partial charge is 0.0519 e. The molecule has 44 heavy (non-hydrogen) atoms. The molecule has 8 aromatic rings. The molecule has 0 fully saturated rings. The van der Waals surface area contributed by atoms with Crippen molar-refractivity contribution in [3.63, 3.8) is 0 Å². The minimum absolute atomic E-state index is 0.224. The van der Waals surface area contributed by atoms with E-state index in [9.17, 15) is 0 Å². The molecule has 6 heteroatoms. The normalized spacial score (nSPS) is 11.0. The predicted octanol–water partition coefficient (Wildman–Crippen LogP) is 11.8. The molecule has 2 aromatic heterocycles. The van der Waals surface area contributed by atoms with Gasteiger partial charge in [0.05, 0.1) is 11.0 Å². The number of hydrogen-bond acceptors (Lipinski definition) is 0. The Bertz CT molecular complexity index is 2100. The molecule has 0 spiro atoms. The molecule has 0 aliphatic rings. The second kappa shape index (κ2) is 13.5. The summed E-state index contributed by atoms with van der Waals surface area (Å²) < 4.78 is 4.55. The SMILES string of the molecule is C[Si](C)=[Zr]([Cl])[Cl].Cc1cc2c(-n3ccc4ccccc43)cccc2[cH-]1.Cc1cc2c(-n3ccc4ccccc43)cccc2[cH-]1. The van der Waals surface area contributed by atoms with E-state index in [0.717, 1.165) is 0 Å². The summed E-state index contributed by atoms with van der Waals surface area (Å²) >= 11 is -1.65. The summed E-state index contributed by atoms with van der Waals surface area (Å²) in [6.45, 7) is 8.63. The first-order chi connectivity index (χ1) is 21.3.